The Morgan fingerprint density at radius 2 is 0.942 bits per heavy atom. The first-order chi connectivity index (χ1) is 25.7. The fourth-order valence-corrected chi connectivity index (χ4v) is 12.6. The summed E-state index contributed by atoms with van der Waals surface area (Å²) < 4.78 is 25.8. The molecule has 2 aliphatic heterocycles. The molecule has 0 radical (unpaired) electrons. The third-order valence-corrected chi connectivity index (χ3v) is 14.2. The Hall–Kier alpha value is -4.99. The van der Waals surface area contributed by atoms with Gasteiger partial charge in [-0.15, -0.1) is 0 Å². The number of hydrogen-bond donors (Lipinski definition) is 0. The Kier molecular flexibility index (Phi) is 8.76. The van der Waals surface area contributed by atoms with Crippen LogP contribution in [0, 0.1) is 0 Å². The van der Waals surface area contributed by atoms with Crippen LogP contribution in [-0.4, -0.2) is 33.2 Å². The van der Waals surface area contributed by atoms with Crippen molar-refractivity contribution < 1.29 is 18.9 Å². The molecule has 0 amide bonds. The molecule has 0 saturated carbocycles. The minimum atomic E-state index is -0.994. The number of ether oxygens (including phenoxy) is 4. The molecule has 2 atom stereocenters. The van der Waals surface area contributed by atoms with Gasteiger partial charge in [-0.25, -0.2) is 0 Å². The van der Waals surface area contributed by atoms with E-state index in [1.807, 2.05) is 0 Å². The summed E-state index contributed by atoms with van der Waals surface area (Å²) in [6, 6.07) is 54.9. The zero-order valence-corrected chi connectivity index (χ0v) is 30.4. The summed E-state index contributed by atoms with van der Waals surface area (Å²) in [7, 11) is 2.58. The molecule has 2 fully saturated rings. The molecule has 0 N–H and O–H groups in total. The SMILES string of the molecule is COc1ccc2ccccc2c1-c1cccc(-c2c(OC)ccc3ccccc23)c1P1C(c2ccccc2)CC2(CC1c1ccccc1)OCCO2. The van der Waals surface area contributed by atoms with Crippen molar-refractivity contribution in [3.8, 4) is 33.8 Å². The summed E-state index contributed by atoms with van der Waals surface area (Å²) in [6.45, 7) is 1.23. The Bertz CT molecular complexity index is 2210. The molecule has 0 aliphatic carbocycles. The second kappa shape index (κ2) is 13.9. The van der Waals surface area contributed by atoms with Gasteiger partial charge in [0.1, 0.15) is 11.5 Å². The van der Waals surface area contributed by atoms with E-state index in [-0.39, 0.29) is 11.3 Å². The molecule has 4 nitrogen and oxygen atoms in total. The van der Waals surface area contributed by atoms with Gasteiger partial charge in [-0.2, -0.15) is 0 Å². The van der Waals surface area contributed by atoms with Gasteiger partial charge in [0.05, 0.1) is 27.4 Å². The molecule has 52 heavy (non-hydrogen) atoms. The predicted molar refractivity (Wildman–Crippen MR) is 214 cm³/mol. The Morgan fingerprint density at radius 3 is 1.40 bits per heavy atom. The van der Waals surface area contributed by atoms with E-state index in [0.717, 1.165) is 35.5 Å². The van der Waals surface area contributed by atoms with Gasteiger partial charge in [0.2, 0.25) is 0 Å². The minimum Gasteiger partial charge on any atom is -0.496 e. The van der Waals surface area contributed by atoms with Gasteiger partial charge in [0, 0.05) is 35.3 Å². The van der Waals surface area contributed by atoms with Crippen molar-refractivity contribution in [2.75, 3.05) is 27.4 Å². The minimum absolute atomic E-state index is 0.134. The van der Waals surface area contributed by atoms with Crippen LogP contribution < -0.4 is 14.8 Å². The zero-order valence-electron chi connectivity index (χ0n) is 29.5. The molecule has 1 spiro atoms. The van der Waals surface area contributed by atoms with Gasteiger partial charge < -0.3 is 18.9 Å². The highest BCUT2D eigenvalue weighted by molar-refractivity contribution is 7.67. The van der Waals surface area contributed by atoms with Gasteiger partial charge in [-0.05, 0) is 61.2 Å². The topological polar surface area (TPSA) is 36.9 Å². The number of hydrogen-bond acceptors (Lipinski definition) is 4. The van der Waals surface area contributed by atoms with Crippen LogP contribution >= 0.6 is 7.92 Å². The van der Waals surface area contributed by atoms with E-state index < -0.39 is 13.7 Å². The summed E-state index contributed by atoms with van der Waals surface area (Å²) in [5.41, 5.74) is 7.51. The van der Waals surface area contributed by atoms with E-state index in [4.69, 9.17) is 18.9 Å². The summed E-state index contributed by atoms with van der Waals surface area (Å²) in [5.74, 6) is 1.07. The Morgan fingerprint density at radius 1 is 0.500 bits per heavy atom. The number of rotatable bonds is 7. The van der Waals surface area contributed by atoms with Gasteiger partial charge in [-0.1, -0.05) is 147 Å². The molecule has 9 rings (SSSR count). The second-order valence-electron chi connectivity index (χ2n) is 13.7. The quantitative estimate of drug-likeness (QED) is 0.155. The zero-order chi connectivity index (χ0) is 35.1. The maximum absolute atomic E-state index is 6.64. The van der Waals surface area contributed by atoms with Crippen LogP contribution in [0.25, 0.3) is 43.8 Å². The van der Waals surface area contributed by atoms with Crippen LogP contribution in [0.2, 0.25) is 0 Å². The smallest absolute Gasteiger partial charge is 0.170 e. The summed E-state index contributed by atoms with van der Waals surface area (Å²) in [5, 5.41) is 6.05. The van der Waals surface area contributed by atoms with E-state index in [2.05, 4.69) is 152 Å². The number of benzene rings is 7. The van der Waals surface area contributed by atoms with Crippen LogP contribution in [0.3, 0.4) is 0 Å². The van der Waals surface area contributed by atoms with Gasteiger partial charge >= 0.3 is 0 Å². The molecule has 2 aliphatic rings. The van der Waals surface area contributed by atoms with Crippen LogP contribution in [0.1, 0.15) is 35.3 Å². The summed E-state index contributed by atoms with van der Waals surface area (Å²) in [4.78, 5) is 0. The normalized spacial score (nSPS) is 19.6. The second-order valence-corrected chi connectivity index (χ2v) is 16.2. The van der Waals surface area contributed by atoms with Gasteiger partial charge in [0.15, 0.2) is 5.79 Å². The lowest BCUT2D eigenvalue weighted by atomic mass is 9.91. The van der Waals surface area contributed by atoms with E-state index in [0.29, 0.717) is 13.2 Å². The van der Waals surface area contributed by atoms with Crippen molar-refractivity contribution in [1.82, 2.24) is 0 Å². The lowest BCUT2D eigenvalue weighted by molar-refractivity contribution is -0.170. The Labute approximate surface area is 306 Å². The molecule has 5 heteroatoms. The average Bonchev–Trinajstić information content (AvgIpc) is 3.67. The third-order valence-electron chi connectivity index (χ3n) is 10.9. The summed E-state index contributed by atoms with van der Waals surface area (Å²) >= 11 is 0. The first kappa shape index (κ1) is 32.9. The highest BCUT2D eigenvalue weighted by Gasteiger charge is 2.52. The van der Waals surface area contributed by atoms with Crippen LogP contribution in [0.15, 0.2) is 152 Å². The van der Waals surface area contributed by atoms with E-state index in [1.165, 1.54) is 49.1 Å². The lowest BCUT2D eigenvalue weighted by Gasteiger charge is -2.48. The maximum Gasteiger partial charge on any atom is 0.170 e. The van der Waals surface area contributed by atoms with Crippen molar-refractivity contribution in [2.45, 2.75) is 29.9 Å². The molecule has 0 bridgehead atoms. The third kappa shape index (κ3) is 5.67. The van der Waals surface area contributed by atoms with Gasteiger partial charge in [-0.3, -0.25) is 0 Å². The summed E-state index contributed by atoms with van der Waals surface area (Å²) in [6.07, 6.45) is 1.55. The van der Waals surface area contributed by atoms with Crippen LogP contribution in [-0.2, 0) is 9.47 Å². The molecule has 7 aromatic rings. The molecular formula is C47H41O4P. The lowest BCUT2D eigenvalue weighted by Crippen LogP contribution is -2.39. The largest absolute Gasteiger partial charge is 0.496 e. The molecule has 0 aromatic heterocycles. The van der Waals surface area contributed by atoms with Crippen molar-refractivity contribution in [2.24, 2.45) is 0 Å². The average molecular weight is 701 g/mol. The monoisotopic (exact) mass is 700 g/mol. The molecule has 2 saturated heterocycles. The predicted octanol–water partition coefficient (Wildman–Crippen LogP) is 11.5. The fraction of sp³-hybridized carbons (Fsp3) is 0.191. The molecule has 2 heterocycles. The highest BCUT2D eigenvalue weighted by Crippen LogP contribution is 2.71. The molecule has 7 aromatic carbocycles. The molecule has 2 unspecified atom stereocenters. The van der Waals surface area contributed by atoms with Crippen molar-refractivity contribution in [3.63, 3.8) is 0 Å². The maximum atomic E-state index is 6.64. The first-order valence-electron chi connectivity index (χ1n) is 18.1. The first-order valence-corrected chi connectivity index (χ1v) is 19.6. The standard InChI is InChI=1S/C47H41O4P/c1-48-40-26-24-32-14-9-11-20-36(32)44(40)38-22-13-23-39(45-37-21-12-10-15-33(37)25-27-41(45)49-2)46(38)52-42(34-16-5-3-6-17-34)30-47(50-28-29-51-47)31-43(52)35-18-7-4-8-19-35/h3-27,42-43H,28-31H2,1-2H3. The highest BCUT2D eigenvalue weighted by atomic mass is 31.1. The molecule has 258 valence electrons. The van der Waals surface area contributed by atoms with E-state index in [9.17, 15) is 0 Å². The van der Waals surface area contributed by atoms with Crippen molar-refractivity contribution in [1.29, 1.82) is 0 Å². The molecular weight excluding hydrogens is 659 g/mol. The van der Waals surface area contributed by atoms with E-state index >= 15 is 0 Å². The van der Waals surface area contributed by atoms with Crippen molar-refractivity contribution >= 4 is 34.8 Å². The van der Waals surface area contributed by atoms with E-state index in [1.54, 1.807) is 14.2 Å². The fourth-order valence-electron chi connectivity index (χ4n) is 8.66. The van der Waals surface area contributed by atoms with Crippen LogP contribution in [0.4, 0.5) is 0 Å². The Balaban J connectivity index is 1.43. The number of fused-ring (bicyclic) bond motifs is 2. The van der Waals surface area contributed by atoms with Crippen molar-refractivity contribution in [3.05, 3.63) is 163 Å². The number of methoxy groups -OCH3 is 2. The van der Waals surface area contributed by atoms with Crippen LogP contribution in [0.5, 0.6) is 11.5 Å². The van der Waals surface area contributed by atoms with Gasteiger partial charge in [0.25, 0.3) is 0 Å².